The van der Waals surface area contributed by atoms with E-state index >= 15 is 0 Å². The van der Waals surface area contributed by atoms with Crippen molar-refractivity contribution in [2.24, 2.45) is 0 Å². The molecule has 20 heavy (non-hydrogen) atoms. The van der Waals surface area contributed by atoms with Gasteiger partial charge in [0.15, 0.2) is 11.6 Å². The van der Waals surface area contributed by atoms with Crippen LogP contribution in [-0.2, 0) is 23.7 Å². The first kappa shape index (κ1) is 13.4. The predicted octanol–water partition coefficient (Wildman–Crippen LogP) is 0.161. The average molecular weight is 286 g/mol. The molecule has 1 spiro atoms. The van der Waals surface area contributed by atoms with Gasteiger partial charge in [0.2, 0.25) is 5.85 Å². The molecule has 4 saturated heterocycles. The Morgan fingerprint density at radius 2 is 1.60 bits per heavy atom. The van der Waals surface area contributed by atoms with E-state index in [2.05, 4.69) is 5.43 Å². The van der Waals surface area contributed by atoms with Crippen molar-refractivity contribution in [3.05, 3.63) is 0 Å². The Labute approximate surface area is 118 Å². The minimum atomic E-state index is -0.641. The van der Waals surface area contributed by atoms with Crippen LogP contribution in [0, 0.1) is 0 Å². The molecule has 7 nitrogen and oxygen atoms in total. The Morgan fingerprint density at radius 1 is 0.950 bits per heavy atom. The first-order valence-corrected chi connectivity index (χ1v) is 7.09. The molecule has 1 unspecified atom stereocenters. The van der Waals surface area contributed by atoms with E-state index in [4.69, 9.17) is 23.7 Å². The van der Waals surface area contributed by atoms with Gasteiger partial charge in [-0.3, -0.25) is 0 Å². The molecule has 0 aromatic carbocycles. The van der Waals surface area contributed by atoms with Gasteiger partial charge in [-0.1, -0.05) is 0 Å². The highest BCUT2D eigenvalue weighted by Crippen LogP contribution is 2.49. The van der Waals surface area contributed by atoms with Crippen LogP contribution in [0.1, 0.15) is 27.7 Å². The summed E-state index contributed by atoms with van der Waals surface area (Å²) in [5.74, 6) is -1.89. The number of hydrogen-bond acceptors (Lipinski definition) is 7. The second kappa shape index (κ2) is 3.73. The largest absolute Gasteiger partial charge is 0.348 e. The van der Waals surface area contributed by atoms with Crippen LogP contribution < -0.4 is 5.43 Å². The van der Waals surface area contributed by atoms with Gasteiger partial charge >= 0.3 is 0 Å². The van der Waals surface area contributed by atoms with Crippen molar-refractivity contribution in [3.8, 4) is 0 Å². The predicted molar refractivity (Wildman–Crippen MR) is 67.2 cm³/mol. The van der Waals surface area contributed by atoms with Gasteiger partial charge in [-0.05, 0) is 27.7 Å². The molecular weight excluding hydrogens is 264 g/mol. The maximum absolute atomic E-state index is 6.16. The van der Waals surface area contributed by atoms with Crippen LogP contribution in [0.25, 0.3) is 0 Å². The molecule has 4 rings (SSSR count). The quantitative estimate of drug-likeness (QED) is 0.636. The molecule has 0 radical (unpaired) electrons. The van der Waals surface area contributed by atoms with Crippen LogP contribution >= 0.6 is 0 Å². The SMILES string of the molecule is CN1N[C@@]12O[C@@H]1COC(C)(C)O[C@H]1[C@@H]1OC(C)(C)O[C@@H]12. The third-order valence-electron chi connectivity index (χ3n) is 4.33. The maximum Gasteiger partial charge on any atom is 0.233 e. The fourth-order valence-corrected chi connectivity index (χ4v) is 3.40. The highest BCUT2D eigenvalue weighted by Gasteiger charge is 2.72. The van der Waals surface area contributed by atoms with Crippen LogP contribution in [0.2, 0.25) is 0 Å². The molecule has 4 fully saturated rings. The summed E-state index contributed by atoms with van der Waals surface area (Å²) in [6.07, 6.45) is -0.756. The monoisotopic (exact) mass is 286 g/mol. The van der Waals surface area contributed by atoms with Crippen molar-refractivity contribution < 1.29 is 23.7 Å². The molecule has 6 atom stereocenters. The zero-order chi connectivity index (χ0) is 14.3. The summed E-state index contributed by atoms with van der Waals surface area (Å²) in [6, 6.07) is 0. The molecule has 0 bridgehead atoms. The normalized spacial score (nSPS) is 55.4. The smallest absolute Gasteiger partial charge is 0.233 e. The first-order chi connectivity index (χ1) is 9.23. The fraction of sp³-hybridized carbons (Fsp3) is 1.00. The Hall–Kier alpha value is -0.280. The highest BCUT2D eigenvalue weighted by atomic mass is 16.8. The van der Waals surface area contributed by atoms with Gasteiger partial charge in [-0.2, -0.15) is 5.01 Å². The zero-order valence-electron chi connectivity index (χ0n) is 12.5. The second-order valence-electron chi connectivity index (χ2n) is 6.84. The molecule has 0 amide bonds. The third kappa shape index (κ3) is 1.78. The zero-order valence-corrected chi connectivity index (χ0v) is 12.5. The molecular formula is C13H22N2O5. The van der Waals surface area contributed by atoms with Crippen molar-refractivity contribution in [1.82, 2.24) is 10.4 Å². The molecule has 0 aromatic heterocycles. The van der Waals surface area contributed by atoms with Gasteiger partial charge < -0.3 is 23.7 Å². The summed E-state index contributed by atoms with van der Waals surface area (Å²) < 4.78 is 30.0. The lowest BCUT2D eigenvalue weighted by Crippen LogP contribution is -2.66. The van der Waals surface area contributed by atoms with Crippen LogP contribution in [0.4, 0.5) is 0 Å². The van der Waals surface area contributed by atoms with E-state index in [1.807, 2.05) is 39.8 Å². The van der Waals surface area contributed by atoms with Crippen molar-refractivity contribution >= 4 is 0 Å². The van der Waals surface area contributed by atoms with Gasteiger partial charge in [0, 0.05) is 7.05 Å². The third-order valence-corrected chi connectivity index (χ3v) is 4.33. The van der Waals surface area contributed by atoms with E-state index in [1.165, 1.54) is 0 Å². The van der Waals surface area contributed by atoms with Crippen molar-refractivity contribution in [2.75, 3.05) is 13.7 Å². The Morgan fingerprint density at radius 3 is 2.25 bits per heavy atom. The maximum atomic E-state index is 6.16. The number of hydrogen-bond donors (Lipinski definition) is 1. The van der Waals surface area contributed by atoms with Crippen LogP contribution in [-0.4, -0.2) is 60.5 Å². The summed E-state index contributed by atoms with van der Waals surface area (Å²) in [6.45, 7) is 8.14. The van der Waals surface area contributed by atoms with Gasteiger partial charge in [-0.15, -0.1) is 0 Å². The van der Waals surface area contributed by atoms with E-state index in [1.54, 1.807) is 0 Å². The summed E-state index contributed by atoms with van der Waals surface area (Å²) in [5.41, 5.74) is 3.20. The van der Waals surface area contributed by atoms with E-state index in [0.29, 0.717) is 6.61 Å². The minimum absolute atomic E-state index is 0.167. The minimum Gasteiger partial charge on any atom is -0.348 e. The summed E-state index contributed by atoms with van der Waals surface area (Å²) >= 11 is 0. The van der Waals surface area contributed by atoms with E-state index in [9.17, 15) is 0 Å². The van der Waals surface area contributed by atoms with Gasteiger partial charge in [-0.25, -0.2) is 5.43 Å². The molecule has 1 N–H and O–H groups in total. The molecule has 114 valence electrons. The summed E-state index contributed by atoms with van der Waals surface area (Å²) in [4.78, 5) is 0. The number of nitrogens with one attached hydrogen (secondary N) is 1. The Kier molecular flexibility index (Phi) is 2.49. The van der Waals surface area contributed by atoms with Crippen molar-refractivity contribution in [3.63, 3.8) is 0 Å². The molecule has 4 heterocycles. The van der Waals surface area contributed by atoms with E-state index in [-0.39, 0.29) is 24.4 Å². The van der Waals surface area contributed by atoms with Crippen LogP contribution in [0.15, 0.2) is 0 Å². The Bertz CT molecular complexity index is 442. The van der Waals surface area contributed by atoms with Crippen molar-refractivity contribution in [1.29, 1.82) is 0 Å². The first-order valence-electron chi connectivity index (χ1n) is 7.09. The number of ether oxygens (including phenoxy) is 5. The van der Waals surface area contributed by atoms with Gasteiger partial charge in [0.05, 0.1) is 6.61 Å². The fourth-order valence-electron chi connectivity index (χ4n) is 3.40. The lowest BCUT2D eigenvalue weighted by Gasteiger charge is -2.48. The lowest BCUT2D eigenvalue weighted by molar-refractivity contribution is -0.356. The van der Waals surface area contributed by atoms with Crippen molar-refractivity contribution in [2.45, 2.75) is 69.5 Å². The molecule has 4 aliphatic rings. The topological polar surface area (TPSA) is 71.1 Å². The number of hydrazine groups is 1. The summed E-state index contributed by atoms with van der Waals surface area (Å²) in [7, 11) is 1.93. The van der Waals surface area contributed by atoms with Crippen LogP contribution in [0.3, 0.4) is 0 Å². The molecule has 0 aromatic rings. The molecule has 0 aliphatic carbocycles. The molecule has 0 saturated carbocycles. The Balaban J connectivity index is 1.66. The lowest BCUT2D eigenvalue weighted by atomic mass is 9.95. The summed E-state index contributed by atoms with van der Waals surface area (Å²) in [5, 5.41) is 1.91. The number of fused-ring (bicyclic) bond motifs is 4. The van der Waals surface area contributed by atoms with Crippen LogP contribution in [0.5, 0.6) is 0 Å². The second-order valence-corrected chi connectivity index (χ2v) is 6.84. The molecule has 7 heteroatoms. The van der Waals surface area contributed by atoms with Gasteiger partial charge in [0.25, 0.3) is 0 Å². The van der Waals surface area contributed by atoms with E-state index in [0.717, 1.165) is 0 Å². The standard InChI is InChI=1S/C13H22N2O5/c1-11(2)16-6-7-8(18-11)9-10(20-12(3,4)19-9)13(17-7)14-15(13)5/h7-10,14H,6H2,1-5H3/t7-,8-,9+,10+,13-,15?/m1/s1. The molecule has 4 aliphatic heterocycles. The number of likely N-dealkylation sites (N-methyl/N-ethyl adjacent to an activating group) is 1. The van der Waals surface area contributed by atoms with E-state index < -0.39 is 17.4 Å². The van der Waals surface area contributed by atoms with Gasteiger partial charge in [0.1, 0.15) is 24.4 Å². The highest BCUT2D eigenvalue weighted by molar-refractivity contribution is 5.10. The number of rotatable bonds is 0. The number of nitrogens with zero attached hydrogens (tertiary/aromatic N) is 1. The average Bonchev–Trinajstić information content (AvgIpc) is 2.81.